The first-order valence-electron chi connectivity index (χ1n) is 14.7. The van der Waals surface area contributed by atoms with E-state index in [1.54, 1.807) is 24.5 Å². The van der Waals surface area contributed by atoms with Gasteiger partial charge in [-0.3, -0.25) is 4.79 Å². The van der Waals surface area contributed by atoms with E-state index in [-0.39, 0.29) is 22.9 Å². The number of aryl methyl sites for hydroxylation is 1. The van der Waals surface area contributed by atoms with E-state index < -0.39 is 0 Å². The van der Waals surface area contributed by atoms with Gasteiger partial charge in [0.05, 0.1) is 24.7 Å². The molecule has 0 saturated carbocycles. The van der Waals surface area contributed by atoms with Crippen LogP contribution in [0.3, 0.4) is 0 Å². The molecular weight excluding hydrogens is 584 g/mol. The molecule has 1 heterocycles. The summed E-state index contributed by atoms with van der Waals surface area (Å²) in [6, 6.07) is 13.5. The number of benzene rings is 2. The van der Waals surface area contributed by atoms with Gasteiger partial charge in [-0.25, -0.2) is 0 Å². The average molecular weight is 632 g/mol. The van der Waals surface area contributed by atoms with Crippen LogP contribution in [0.15, 0.2) is 53.4 Å². The van der Waals surface area contributed by atoms with Gasteiger partial charge in [0, 0.05) is 18.2 Å². The number of methoxy groups -OCH3 is 1. The Morgan fingerprint density at radius 2 is 1.50 bits per heavy atom. The van der Waals surface area contributed by atoms with Crippen LogP contribution < -0.4 is 36.3 Å². The number of halogens is 1. The molecule has 40 heavy (non-hydrogen) atoms. The Morgan fingerprint density at radius 3 is 2.08 bits per heavy atom. The Kier molecular flexibility index (Phi) is 16.6. The van der Waals surface area contributed by atoms with E-state index in [0.717, 1.165) is 25.1 Å². The average Bonchev–Trinajstić information content (AvgIpc) is 3.36. The van der Waals surface area contributed by atoms with Gasteiger partial charge in [-0.1, -0.05) is 107 Å². The number of unbranched alkanes of at least 4 members (excludes halogenated alkanes) is 11. The van der Waals surface area contributed by atoms with Gasteiger partial charge >= 0.3 is 0 Å². The minimum absolute atomic E-state index is 0. The molecule has 0 radical (unpaired) electrons. The molecule has 0 aliphatic heterocycles. The lowest BCUT2D eigenvalue weighted by Gasteiger charge is -2.15. The number of nitrogens with zero attached hydrogens (tertiary/aromatic N) is 1. The van der Waals surface area contributed by atoms with Crippen LogP contribution >= 0.6 is 11.3 Å². The molecule has 0 aliphatic carbocycles. The third-order valence-corrected chi connectivity index (χ3v) is 7.99. The Balaban J connectivity index is 0.00000560. The van der Waals surface area contributed by atoms with Crippen LogP contribution in [0.2, 0.25) is 0 Å². The fourth-order valence-electron chi connectivity index (χ4n) is 4.73. The predicted octanol–water partition coefficient (Wildman–Crippen LogP) is 5.74. The topological polar surface area (TPSA) is 51.4 Å². The lowest BCUT2D eigenvalue weighted by atomic mass is 10.1. The number of amides is 1. The number of hydrogen-bond acceptors (Lipinski definition) is 4. The van der Waals surface area contributed by atoms with E-state index in [1.165, 1.54) is 75.5 Å². The third-order valence-electron chi connectivity index (χ3n) is 7.13. The van der Waals surface area contributed by atoms with Crippen LogP contribution in [-0.2, 0) is 6.54 Å². The second-order valence-electron chi connectivity index (χ2n) is 10.4. The molecule has 0 aliphatic rings. The van der Waals surface area contributed by atoms with Crippen molar-refractivity contribution < 1.29 is 35.8 Å². The summed E-state index contributed by atoms with van der Waals surface area (Å²) in [6.45, 7) is 5.77. The van der Waals surface area contributed by atoms with Crippen molar-refractivity contribution in [2.75, 3.05) is 19.0 Å². The Bertz CT molecular complexity index is 1120. The molecule has 5 nitrogen and oxygen atoms in total. The second kappa shape index (κ2) is 19.7. The SMILES string of the molecule is CCCCCCCCCCCCCCOc1c(OC)cccc1C(=O)Nc1ccc(C[n+]2cscc2C)cc1.[Br-]. The van der Waals surface area contributed by atoms with Crippen molar-refractivity contribution in [3.8, 4) is 11.5 Å². The van der Waals surface area contributed by atoms with Gasteiger partial charge in [-0.15, -0.1) is 0 Å². The van der Waals surface area contributed by atoms with E-state index in [2.05, 4.69) is 46.8 Å². The number of aromatic nitrogens is 1. The quantitative estimate of drug-likeness (QED) is 0.136. The summed E-state index contributed by atoms with van der Waals surface area (Å²) in [5, 5.41) is 5.16. The number of thiazole rings is 1. The molecule has 0 atom stereocenters. The summed E-state index contributed by atoms with van der Waals surface area (Å²) in [4.78, 5) is 13.2. The first-order valence-corrected chi connectivity index (χ1v) is 15.7. The summed E-state index contributed by atoms with van der Waals surface area (Å²) in [7, 11) is 1.61. The lowest BCUT2D eigenvalue weighted by Crippen LogP contribution is -3.00. The molecule has 1 N–H and O–H groups in total. The number of rotatable bonds is 19. The fourth-order valence-corrected chi connectivity index (χ4v) is 5.51. The maximum absolute atomic E-state index is 13.2. The molecule has 0 bridgehead atoms. The molecular formula is C33H47BrN2O3S. The number of nitrogens with one attached hydrogen (secondary N) is 1. The molecule has 1 amide bonds. The monoisotopic (exact) mass is 630 g/mol. The molecule has 3 aromatic rings. The number of anilines is 1. The van der Waals surface area contributed by atoms with E-state index >= 15 is 0 Å². The number of ether oxygens (including phenoxy) is 2. The molecule has 3 rings (SSSR count). The van der Waals surface area contributed by atoms with E-state index in [4.69, 9.17) is 9.47 Å². The molecule has 0 spiro atoms. The summed E-state index contributed by atoms with van der Waals surface area (Å²) >= 11 is 1.70. The summed E-state index contributed by atoms with van der Waals surface area (Å²) in [6.07, 6.45) is 15.6. The van der Waals surface area contributed by atoms with Crippen molar-refractivity contribution >= 4 is 22.9 Å². The van der Waals surface area contributed by atoms with Crippen molar-refractivity contribution in [2.24, 2.45) is 0 Å². The first kappa shape index (κ1) is 33.8. The van der Waals surface area contributed by atoms with Crippen LogP contribution in [0.25, 0.3) is 0 Å². The van der Waals surface area contributed by atoms with E-state index in [9.17, 15) is 4.79 Å². The summed E-state index contributed by atoms with van der Waals surface area (Å²) in [5.41, 5.74) is 5.79. The van der Waals surface area contributed by atoms with Crippen molar-refractivity contribution in [3.05, 3.63) is 70.2 Å². The van der Waals surface area contributed by atoms with Gasteiger partial charge in [0.15, 0.2) is 23.7 Å². The number of hydrogen-bond donors (Lipinski definition) is 1. The Labute approximate surface area is 256 Å². The largest absolute Gasteiger partial charge is 1.00 e. The normalized spacial score (nSPS) is 10.7. The van der Waals surface area contributed by atoms with Crippen LogP contribution in [0, 0.1) is 6.92 Å². The number of carbonyl (C=O) groups is 1. The minimum Gasteiger partial charge on any atom is -1.00 e. The van der Waals surface area contributed by atoms with E-state index in [0.29, 0.717) is 23.7 Å². The van der Waals surface area contributed by atoms with Gasteiger partial charge in [-0.05, 0) is 30.7 Å². The Hall–Kier alpha value is -2.38. The number of para-hydroxylation sites is 1. The van der Waals surface area contributed by atoms with Gasteiger partial charge in [0.1, 0.15) is 0 Å². The summed E-state index contributed by atoms with van der Waals surface area (Å²) in [5.74, 6) is 0.899. The fraction of sp³-hybridized carbons (Fsp3) is 0.515. The van der Waals surface area contributed by atoms with Gasteiger partial charge in [0.2, 0.25) is 5.51 Å². The van der Waals surface area contributed by atoms with Crippen LogP contribution in [0.1, 0.15) is 106 Å². The van der Waals surface area contributed by atoms with Crippen molar-refractivity contribution in [1.82, 2.24) is 0 Å². The van der Waals surface area contributed by atoms with E-state index in [1.807, 2.05) is 24.3 Å². The minimum atomic E-state index is -0.200. The second-order valence-corrected chi connectivity index (χ2v) is 11.1. The zero-order valence-electron chi connectivity index (χ0n) is 24.6. The molecule has 220 valence electrons. The first-order chi connectivity index (χ1) is 19.1. The maximum atomic E-state index is 13.2. The van der Waals surface area contributed by atoms with Crippen molar-refractivity contribution in [2.45, 2.75) is 97.4 Å². The maximum Gasteiger partial charge on any atom is 0.259 e. The highest BCUT2D eigenvalue weighted by Crippen LogP contribution is 2.32. The van der Waals surface area contributed by atoms with Crippen LogP contribution in [0.5, 0.6) is 11.5 Å². The summed E-state index contributed by atoms with van der Waals surface area (Å²) < 4.78 is 13.8. The molecule has 1 aromatic heterocycles. The van der Waals surface area contributed by atoms with Gasteiger partial charge in [0.25, 0.3) is 5.91 Å². The molecule has 2 aromatic carbocycles. The van der Waals surface area contributed by atoms with Crippen molar-refractivity contribution in [1.29, 1.82) is 0 Å². The predicted molar refractivity (Wildman–Crippen MR) is 162 cm³/mol. The van der Waals surface area contributed by atoms with Crippen LogP contribution in [-0.4, -0.2) is 19.6 Å². The smallest absolute Gasteiger partial charge is 0.259 e. The lowest BCUT2D eigenvalue weighted by molar-refractivity contribution is -0.689. The molecule has 0 unspecified atom stereocenters. The van der Waals surface area contributed by atoms with Gasteiger partial charge < -0.3 is 31.8 Å². The molecule has 0 saturated heterocycles. The highest BCUT2D eigenvalue weighted by atomic mass is 79.9. The Morgan fingerprint density at radius 1 is 0.875 bits per heavy atom. The highest BCUT2D eigenvalue weighted by Gasteiger charge is 2.18. The zero-order chi connectivity index (χ0) is 27.7. The highest BCUT2D eigenvalue weighted by molar-refractivity contribution is 7.07. The molecule has 0 fully saturated rings. The standard InChI is InChI=1S/C33H46N2O3S.BrH/c1-4-5-6-7-8-9-10-11-12-13-14-15-23-38-32-30(17-16-18-31(32)37-3)33(36)34-29-21-19-28(20-22-29)24-35-26-39-25-27(35)2;/h16-22,25-26H,4-15,23-24H2,1-3H3;1H. The number of carbonyl (C=O) groups excluding carboxylic acids is 1. The zero-order valence-corrected chi connectivity index (χ0v) is 27.0. The third kappa shape index (κ3) is 11.6. The van der Waals surface area contributed by atoms with Gasteiger partial charge in [-0.2, -0.15) is 4.57 Å². The van der Waals surface area contributed by atoms with Crippen molar-refractivity contribution in [3.63, 3.8) is 0 Å². The van der Waals surface area contributed by atoms with Crippen LogP contribution in [0.4, 0.5) is 5.69 Å². The molecule has 7 heteroatoms.